The van der Waals surface area contributed by atoms with Crippen LogP contribution < -0.4 is 10.6 Å². The number of aromatic nitrogens is 1. The van der Waals surface area contributed by atoms with E-state index in [9.17, 15) is 4.79 Å². The molecule has 3 atom stereocenters. The number of amides is 1. The lowest BCUT2D eigenvalue weighted by Gasteiger charge is -2.21. The number of anilines is 1. The van der Waals surface area contributed by atoms with Gasteiger partial charge in [-0.05, 0) is 56.1 Å². The number of nitrogens with zero attached hydrogens (tertiary/aromatic N) is 1. The molecule has 0 spiro atoms. The van der Waals surface area contributed by atoms with Crippen LogP contribution in [0.4, 0.5) is 5.69 Å². The van der Waals surface area contributed by atoms with Crippen molar-refractivity contribution in [3.63, 3.8) is 0 Å². The normalized spacial score (nSPS) is 27.6. The molecular weight excluding hydrogens is 250 g/mol. The first kappa shape index (κ1) is 13.4. The van der Waals surface area contributed by atoms with Gasteiger partial charge in [0.2, 0.25) is 0 Å². The highest BCUT2D eigenvalue weighted by atomic mass is 16.1. The van der Waals surface area contributed by atoms with E-state index in [4.69, 9.17) is 0 Å². The molecule has 2 bridgehead atoms. The van der Waals surface area contributed by atoms with Crippen LogP contribution in [0.5, 0.6) is 0 Å². The van der Waals surface area contributed by atoms with E-state index in [0.717, 1.165) is 30.6 Å². The predicted octanol–water partition coefficient (Wildman–Crippen LogP) is 2.68. The molecule has 0 aromatic carbocycles. The average Bonchev–Trinajstić information content (AvgIpc) is 3.08. The molecular formula is C16H23N3O. The van der Waals surface area contributed by atoms with E-state index in [-0.39, 0.29) is 5.91 Å². The monoisotopic (exact) mass is 273 g/mol. The highest BCUT2D eigenvalue weighted by Crippen LogP contribution is 2.47. The Kier molecular flexibility index (Phi) is 3.90. The molecule has 0 aliphatic heterocycles. The van der Waals surface area contributed by atoms with Gasteiger partial charge in [0, 0.05) is 25.0 Å². The van der Waals surface area contributed by atoms with Crippen molar-refractivity contribution >= 4 is 11.6 Å². The van der Waals surface area contributed by atoms with E-state index in [1.54, 1.807) is 6.20 Å². The molecule has 3 rings (SSSR count). The van der Waals surface area contributed by atoms with Crippen LogP contribution in [0.15, 0.2) is 18.3 Å². The minimum absolute atomic E-state index is 0.0486. The zero-order chi connectivity index (χ0) is 13.9. The fourth-order valence-corrected chi connectivity index (χ4v) is 3.81. The molecule has 4 nitrogen and oxygen atoms in total. The van der Waals surface area contributed by atoms with Crippen LogP contribution in [0.3, 0.4) is 0 Å². The molecule has 2 aliphatic rings. The Morgan fingerprint density at radius 1 is 1.40 bits per heavy atom. The third-order valence-corrected chi connectivity index (χ3v) is 4.78. The van der Waals surface area contributed by atoms with Crippen molar-refractivity contribution in [2.75, 3.05) is 18.4 Å². The van der Waals surface area contributed by atoms with Crippen LogP contribution in [-0.2, 0) is 0 Å². The van der Waals surface area contributed by atoms with Gasteiger partial charge in [0.1, 0.15) is 5.69 Å². The molecule has 4 heteroatoms. The summed E-state index contributed by atoms with van der Waals surface area (Å²) in [6.45, 7) is 3.69. The van der Waals surface area contributed by atoms with Crippen molar-refractivity contribution in [1.29, 1.82) is 0 Å². The summed E-state index contributed by atoms with van der Waals surface area (Å²) in [6.07, 6.45) is 7.13. The lowest BCUT2D eigenvalue weighted by atomic mass is 9.89. The maximum Gasteiger partial charge on any atom is 0.269 e. The van der Waals surface area contributed by atoms with Gasteiger partial charge in [0.05, 0.1) is 0 Å². The van der Waals surface area contributed by atoms with Crippen molar-refractivity contribution in [1.82, 2.24) is 10.3 Å². The first-order valence-corrected chi connectivity index (χ1v) is 7.74. The van der Waals surface area contributed by atoms with E-state index >= 15 is 0 Å². The number of fused-ring (bicyclic) bond motifs is 2. The van der Waals surface area contributed by atoms with Crippen LogP contribution in [0, 0.1) is 17.8 Å². The lowest BCUT2D eigenvalue weighted by molar-refractivity contribution is 0.0937. The van der Waals surface area contributed by atoms with E-state index in [2.05, 4.69) is 15.6 Å². The molecule has 1 aromatic rings. The molecule has 2 N–H and O–H groups in total. The van der Waals surface area contributed by atoms with Gasteiger partial charge in [0.15, 0.2) is 0 Å². The Morgan fingerprint density at radius 2 is 2.30 bits per heavy atom. The summed E-state index contributed by atoms with van der Waals surface area (Å²) in [6, 6.07) is 3.70. The Morgan fingerprint density at radius 3 is 3.00 bits per heavy atom. The van der Waals surface area contributed by atoms with Crippen LogP contribution in [0.25, 0.3) is 0 Å². The predicted molar refractivity (Wildman–Crippen MR) is 79.7 cm³/mol. The maximum atomic E-state index is 12.2. The zero-order valence-corrected chi connectivity index (χ0v) is 12.1. The Labute approximate surface area is 120 Å². The molecule has 2 aliphatic carbocycles. The summed E-state index contributed by atoms with van der Waals surface area (Å²) < 4.78 is 0. The minimum atomic E-state index is -0.0486. The Bertz CT molecular complexity index is 488. The van der Waals surface area contributed by atoms with Crippen LogP contribution >= 0.6 is 0 Å². The molecule has 1 amide bonds. The first-order chi connectivity index (χ1) is 9.76. The van der Waals surface area contributed by atoms with Crippen molar-refractivity contribution in [3.8, 4) is 0 Å². The molecule has 0 saturated heterocycles. The fraction of sp³-hybridized carbons (Fsp3) is 0.625. The number of pyridine rings is 1. The highest BCUT2D eigenvalue weighted by molar-refractivity contribution is 5.93. The largest absolute Gasteiger partial charge is 0.385 e. The van der Waals surface area contributed by atoms with Crippen LogP contribution in [0.2, 0.25) is 0 Å². The third-order valence-electron chi connectivity index (χ3n) is 4.78. The number of hydrogen-bond donors (Lipinski definition) is 2. The molecule has 1 heterocycles. The van der Waals surface area contributed by atoms with Crippen LogP contribution in [-0.4, -0.2) is 24.0 Å². The third kappa shape index (κ3) is 2.79. The fourth-order valence-electron chi connectivity index (χ4n) is 3.81. The van der Waals surface area contributed by atoms with Gasteiger partial charge in [-0.3, -0.25) is 9.78 Å². The molecule has 2 saturated carbocycles. The molecule has 3 unspecified atom stereocenters. The molecule has 20 heavy (non-hydrogen) atoms. The van der Waals surface area contributed by atoms with E-state index in [1.165, 1.54) is 25.7 Å². The maximum absolute atomic E-state index is 12.2. The van der Waals surface area contributed by atoms with Gasteiger partial charge in [-0.25, -0.2) is 0 Å². The highest BCUT2D eigenvalue weighted by Gasteiger charge is 2.39. The summed E-state index contributed by atoms with van der Waals surface area (Å²) >= 11 is 0. The quantitative estimate of drug-likeness (QED) is 0.867. The van der Waals surface area contributed by atoms with Gasteiger partial charge < -0.3 is 10.6 Å². The minimum Gasteiger partial charge on any atom is -0.385 e. The molecule has 108 valence electrons. The topological polar surface area (TPSA) is 54.0 Å². The zero-order valence-electron chi connectivity index (χ0n) is 12.1. The number of carbonyl (C=O) groups excluding carboxylic acids is 1. The van der Waals surface area contributed by atoms with Crippen LogP contribution in [0.1, 0.15) is 43.1 Å². The second-order valence-electron chi connectivity index (χ2n) is 6.11. The van der Waals surface area contributed by atoms with Gasteiger partial charge in [-0.2, -0.15) is 0 Å². The summed E-state index contributed by atoms with van der Waals surface area (Å²) in [5, 5.41) is 6.27. The summed E-state index contributed by atoms with van der Waals surface area (Å²) in [4.78, 5) is 16.3. The number of nitrogens with one attached hydrogen (secondary N) is 2. The summed E-state index contributed by atoms with van der Waals surface area (Å²) in [5.74, 6) is 2.42. The molecule has 2 fully saturated rings. The lowest BCUT2D eigenvalue weighted by Crippen LogP contribution is -2.32. The van der Waals surface area contributed by atoms with Crippen molar-refractivity contribution < 1.29 is 4.79 Å². The first-order valence-electron chi connectivity index (χ1n) is 7.74. The van der Waals surface area contributed by atoms with Gasteiger partial charge in [-0.1, -0.05) is 6.42 Å². The van der Waals surface area contributed by atoms with Gasteiger partial charge in [-0.15, -0.1) is 0 Å². The Balaban J connectivity index is 1.55. The average molecular weight is 273 g/mol. The second kappa shape index (κ2) is 5.81. The smallest absolute Gasteiger partial charge is 0.269 e. The van der Waals surface area contributed by atoms with Crippen molar-refractivity contribution in [2.45, 2.75) is 32.6 Å². The number of rotatable bonds is 5. The van der Waals surface area contributed by atoms with E-state index in [1.807, 2.05) is 19.1 Å². The molecule has 0 radical (unpaired) electrons. The standard InChI is InChI=1S/C16H23N3O/c1-2-17-14-5-6-18-15(9-14)16(20)19-10-13-8-11-3-4-12(13)7-11/h5-6,9,11-13H,2-4,7-8,10H2,1H3,(H,17,18)(H,19,20). The SMILES string of the molecule is CCNc1ccnc(C(=O)NCC2CC3CCC2C3)c1. The molecule has 1 aromatic heterocycles. The van der Waals surface area contributed by atoms with Crippen molar-refractivity contribution in [2.24, 2.45) is 17.8 Å². The van der Waals surface area contributed by atoms with E-state index < -0.39 is 0 Å². The van der Waals surface area contributed by atoms with Crippen molar-refractivity contribution in [3.05, 3.63) is 24.0 Å². The van der Waals surface area contributed by atoms with Gasteiger partial charge >= 0.3 is 0 Å². The summed E-state index contributed by atoms with van der Waals surface area (Å²) in [7, 11) is 0. The second-order valence-corrected chi connectivity index (χ2v) is 6.11. The Hall–Kier alpha value is -1.58. The van der Waals surface area contributed by atoms with E-state index in [0.29, 0.717) is 11.6 Å². The number of carbonyl (C=O) groups is 1. The number of hydrogen-bond acceptors (Lipinski definition) is 3. The van der Waals surface area contributed by atoms with Gasteiger partial charge in [0.25, 0.3) is 5.91 Å². The summed E-state index contributed by atoms with van der Waals surface area (Å²) in [5.41, 5.74) is 1.46.